The van der Waals surface area contributed by atoms with Crippen LogP contribution >= 0.6 is 24.0 Å². The van der Waals surface area contributed by atoms with Gasteiger partial charge in [0.1, 0.15) is 21.3 Å². The molecule has 0 spiro atoms. The van der Waals surface area contributed by atoms with Crippen molar-refractivity contribution in [2.45, 2.75) is 26.8 Å². The van der Waals surface area contributed by atoms with E-state index in [4.69, 9.17) is 17.0 Å². The van der Waals surface area contributed by atoms with Gasteiger partial charge in [0.15, 0.2) is 0 Å². The van der Waals surface area contributed by atoms with Crippen molar-refractivity contribution in [3.05, 3.63) is 110 Å². The van der Waals surface area contributed by atoms with Crippen molar-refractivity contribution in [1.29, 1.82) is 0 Å². The fourth-order valence-corrected chi connectivity index (χ4v) is 5.53. The summed E-state index contributed by atoms with van der Waals surface area (Å²) in [7, 11) is 0. The number of amides is 1. The van der Waals surface area contributed by atoms with E-state index in [9.17, 15) is 9.59 Å². The van der Waals surface area contributed by atoms with E-state index in [1.54, 1.807) is 35.4 Å². The molecule has 180 valence electrons. The number of fused-ring (bicyclic) bond motifs is 1. The highest BCUT2D eigenvalue weighted by Gasteiger charge is 2.36. The zero-order valence-corrected chi connectivity index (χ0v) is 21.6. The maximum absolute atomic E-state index is 13.5. The molecule has 36 heavy (non-hydrogen) atoms. The third-order valence-corrected chi connectivity index (χ3v) is 7.37. The molecule has 0 aliphatic carbocycles. The average molecular weight is 514 g/mol. The molecule has 0 N–H and O–H groups in total. The predicted octanol–water partition coefficient (Wildman–Crippen LogP) is 6.07. The van der Waals surface area contributed by atoms with E-state index >= 15 is 0 Å². The summed E-state index contributed by atoms with van der Waals surface area (Å²) in [6.07, 6.45) is 3.19. The van der Waals surface area contributed by atoms with Crippen LogP contribution in [-0.2, 0) is 4.79 Å². The lowest BCUT2D eigenvalue weighted by Gasteiger charge is -2.23. The standard InChI is InChI=1S/C28H23N3O3S2/c1-17-12-13-22(18(2)15-17)34-25-21(26(32)30-14-8-7-11-24(30)29-25)16-23-27(33)31(28(35)36-23)19(3)20-9-5-4-6-10-20/h4-16,19H,1-3H3/b23-16+. The van der Waals surface area contributed by atoms with Crippen LogP contribution in [0.5, 0.6) is 11.6 Å². The lowest BCUT2D eigenvalue weighted by Crippen LogP contribution is -2.31. The van der Waals surface area contributed by atoms with Crippen molar-refractivity contribution < 1.29 is 9.53 Å². The highest BCUT2D eigenvalue weighted by atomic mass is 32.2. The summed E-state index contributed by atoms with van der Waals surface area (Å²) in [5.41, 5.74) is 3.29. The lowest BCUT2D eigenvalue weighted by atomic mass is 10.1. The van der Waals surface area contributed by atoms with Crippen LogP contribution in [0.15, 0.2) is 82.6 Å². The lowest BCUT2D eigenvalue weighted by molar-refractivity contribution is -0.123. The minimum absolute atomic E-state index is 0.138. The molecule has 2 aromatic carbocycles. The van der Waals surface area contributed by atoms with Crippen LogP contribution < -0.4 is 10.3 Å². The number of nitrogens with zero attached hydrogens (tertiary/aromatic N) is 3. The Balaban J connectivity index is 1.60. The summed E-state index contributed by atoms with van der Waals surface area (Å²) in [5, 5.41) is 0. The summed E-state index contributed by atoms with van der Waals surface area (Å²) >= 11 is 6.73. The zero-order valence-electron chi connectivity index (χ0n) is 20.0. The van der Waals surface area contributed by atoms with E-state index in [-0.39, 0.29) is 29.0 Å². The van der Waals surface area contributed by atoms with Crippen LogP contribution in [0.3, 0.4) is 0 Å². The van der Waals surface area contributed by atoms with Gasteiger partial charge in [0, 0.05) is 6.20 Å². The molecule has 2 aromatic heterocycles. The molecule has 8 heteroatoms. The highest BCUT2D eigenvalue weighted by molar-refractivity contribution is 8.26. The Morgan fingerprint density at radius 3 is 2.53 bits per heavy atom. The molecule has 1 aliphatic heterocycles. The fraction of sp³-hybridized carbons (Fsp3) is 0.143. The van der Waals surface area contributed by atoms with Crippen LogP contribution in [0.2, 0.25) is 0 Å². The number of thioether (sulfide) groups is 1. The molecular formula is C28H23N3O3S2. The third kappa shape index (κ3) is 4.45. The number of hydrogen-bond donors (Lipinski definition) is 0. The van der Waals surface area contributed by atoms with E-state index in [0.717, 1.165) is 16.7 Å². The number of ether oxygens (including phenoxy) is 1. The van der Waals surface area contributed by atoms with Crippen molar-refractivity contribution in [2.75, 3.05) is 0 Å². The number of aromatic nitrogens is 2. The Labute approximate surface area is 218 Å². The molecule has 0 radical (unpaired) electrons. The third-order valence-electron chi connectivity index (χ3n) is 6.04. The number of rotatable bonds is 5. The van der Waals surface area contributed by atoms with Crippen LogP contribution in [0.1, 0.15) is 35.2 Å². The van der Waals surface area contributed by atoms with Crippen LogP contribution in [0, 0.1) is 13.8 Å². The van der Waals surface area contributed by atoms with Crippen LogP contribution in [0.4, 0.5) is 0 Å². The molecule has 3 heterocycles. The summed E-state index contributed by atoms with van der Waals surface area (Å²) in [6.45, 7) is 5.87. The number of carbonyl (C=O) groups excluding carboxylic acids is 1. The van der Waals surface area contributed by atoms with Crippen LogP contribution in [-0.4, -0.2) is 24.5 Å². The van der Waals surface area contributed by atoms with E-state index in [1.165, 1.54) is 16.2 Å². The van der Waals surface area contributed by atoms with Crippen molar-refractivity contribution in [3.8, 4) is 11.6 Å². The number of hydrogen-bond acceptors (Lipinski definition) is 6. The van der Waals surface area contributed by atoms with Gasteiger partial charge in [0.2, 0.25) is 5.88 Å². The number of benzene rings is 2. The number of carbonyl (C=O) groups is 1. The highest BCUT2D eigenvalue weighted by Crippen LogP contribution is 2.38. The topological polar surface area (TPSA) is 63.9 Å². The van der Waals surface area contributed by atoms with Crippen molar-refractivity contribution in [2.24, 2.45) is 0 Å². The van der Waals surface area contributed by atoms with Gasteiger partial charge >= 0.3 is 0 Å². The van der Waals surface area contributed by atoms with Gasteiger partial charge in [-0.05, 0) is 56.2 Å². The second-order valence-corrected chi connectivity index (χ2v) is 10.2. The van der Waals surface area contributed by atoms with E-state index in [2.05, 4.69) is 4.98 Å². The molecule has 0 bridgehead atoms. The normalized spacial score (nSPS) is 15.6. The summed E-state index contributed by atoms with van der Waals surface area (Å²) in [4.78, 5) is 33.5. The van der Waals surface area contributed by atoms with Gasteiger partial charge in [-0.2, -0.15) is 4.98 Å². The first-order valence-corrected chi connectivity index (χ1v) is 12.6. The molecule has 4 aromatic rings. The van der Waals surface area contributed by atoms with Gasteiger partial charge < -0.3 is 4.74 Å². The first kappa shape index (κ1) is 24.0. The largest absolute Gasteiger partial charge is 0.438 e. The Morgan fingerprint density at radius 1 is 1.03 bits per heavy atom. The SMILES string of the molecule is Cc1ccc(Oc2nc3ccccn3c(=O)c2/C=C2/SC(=S)N(C(C)c3ccccc3)C2=O)c(C)c1. The molecule has 1 unspecified atom stereocenters. The maximum Gasteiger partial charge on any atom is 0.269 e. The number of pyridine rings is 1. The van der Waals surface area contributed by atoms with Crippen LogP contribution in [0.25, 0.3) is 11.7 Å². The molecule has 1 saturated heterocycles. The van der Waals surface area contributed by atoms with E-state index in [0.29, 0.717) is 20.6 Å². The minimum Gasteiger partial charge on any atom is -0.438 e. The monoisotopic (exact) mass is 513 g/mol. The number of aryl methyl sites for hydroxylation is 2. The molecule has 1 amide bonds. The second-order valence-electron chi connectivity index (χ2n) is 8.57. The molecule has 6 nitrogen and oxygen atoms in total. The Kier molecular flexibility index (Phi) is 6.47. The Hall–Kier alpha value is -3.75. The molecule has 1 aliphatic rings. The van der Waals surface area contributed by atoms with Gasteiger partial charge in [0.05, 0.1) is 10.9 Å². The molecule has 1 atom stereocenters. The van der Waals surface area contributed by atoms with Gasteiger partial charge in [-0.25, -0.2) is 0 Å². The molecule has 0 saturated carbocycles. The summed E-state index contributed by atoms with van der Waals surface area (Å²) in [5.74, 6) is 0.476. The minimum atomic E-state index is -0.332. The Morgan fingerprint density at radius 2 is 1.78 bits per heavy atom. The van der Waals surface area contributed by atoms with Crippen molar-refractivity contribution in [3.63, 3.8) is 0 Å². The second kappa shape index (κ2) is 9.72. The van der Waals surface area contributed by atoms with E-state index < -0.39 is 0 Å². The van der Waals surface area contributed by atoms with Gasteiger partial charge in [-0.1, -0.05) is 78.1 Å². The van der Waals surface area contributed by atoms with Gasteiger partial charge in [-0.15, -0.1) is 0 Å². The fourth-order valence-electron chi connectivity index (χ4n) is 4.13. The van der Waals surface area contributed by atoms with Crippen molar-refractivity contribution in [1.82, 2.24) is 14.3 Å². The zero-order chi connectivity index (χ0) is 25.4. The van der Waals surface area contributed by atoms with Gasteiger partial charge in [-0.3, -0.25) is 18.9 Å². The molecule has 1 fully saturated rings. The predicted molar refractivity (Wildman–Crippen MR) is 147 cm³/mol. The average Bonchev–Trinajstić information content (AvgIpc) is 3.15. The molecular weight excluding hydrogens is 490 g/mol. The van der Waals surface area contributed by atoms with Gasteiger partial charge in [0.25, 0.3) is 11.5 Å². The Bertz CT molecular complexity index is 1600. The summed E-state index contributed by atoms with van der Waals surface area (Å²) < 4.78 is 8.04. The first-order chi connectivity index (χ1) is 17.3. The molecule has 5 rings (SSSR count). The van der Waals surface area contributed by atoms with Crippen molar-refractivity contribution >= 4 is 45.9 Å². The number of thiocarbonyl (C=S) groups is 1. The smallest absolute Gasteiger partial charge is 0.269 e. The first-order valence-electron chi connectivity index (χ1n) is 11.4. The van der Waals surface area contributed by atoms with E-state index in [1.807, 2.05) is 69.3 Å². The quantitative estimate of drug-likeness (QED) is 0.239. The maximum atomic E-state index is 13.5. The summed E-state index contributed by atoms with van der Waals surface area (Å²) in [6, 6.07) is 20.5.